The van der Waals surface area contributed by atoms with Gasteiger partial charge in [-0.05, 0) is 30.5 Å². The first-order valence-electron chi connectivity index (χ1n) is 7.18. The summed E-state index contributed by atoms with van der Waals surface area (Å²) in [5.74, 6) is 1.90. The summed E-state index contributed by atoms with van der Waals surface area (Å²) in [4.78, 5) is 6.94. The molecule has 0 aliphatic carbocycles. The molecular formula is C17H19N3O. The van der Waals surface area contributed by atoms with Crippen molar-refractivity contribution in [2.45, 2.75) is 20.0 Å². The highest BCUT2D eigenvalue weighted by molar-refractivity contribution is 5.92. The lowest BCUT2D eigenvalue weighted by molar-refractivity contribution is 0.503. The molecule has 3 aromatic rings. The Kier molecular flexibility index (Phi) is 3.88. The number of benzene rings is 1. The van der Waals surface area contributed by atoms with E-state index in [1.807, 2.05) is 24.3 Å². The number of nitrogens with zero attached hydrogens (tertiary/aromatic N) is 2. The van der Waals surface area contributed by atoms with Gasteiger partial charge in [0.2, 0.25) is 0 Å². The van der Waals surface area contributed by atoms with E-state index in [0.29, 0.717) is 13.1 Å². The SMILES string of the molecule is CCN(Cc1ccco1)c1nc(CN)cc2ccccc12. The van der Waals surface area contributed by atoms with Crippen molar-refractivity contribution in [1.29, 1.82) is 0 Å². The average molecular weight is 281 g/mol. The normalized spacial score (nSPS) is 11.0. The van der Waals surface area contributed by atoms with Crippen molar-refractivity contribution in [3.05, 3.63) is 60.2 Å². The fourth-order valence-corrected chi connectivity index (χ4v) is 2.51. The van der Waals surface area contributed by atoms with Gasteiger partial charge in [-0.25, -0.2) is 4.98 Å². The summed E-state index contributed by atoms with van der Waals surface area (Å²) in [6, 6.07) is 14.2. The molecule has 0 fully saturated rings. The Bertz CT molecular complexity index is 722. The van der Waals surface area contributed by atoms with E-state index >= 15 is 0 Å². The van der Waals surface area contributed by atoms with Gasteiger partial charge in [-0.1, -0.05) is 24.3 Å². The minimum Gasteiger partial charge on any atom is -0.467 e. The third-order valence-electron chi connectivity index (χ3n) is 3.59. The number of fused-ring (bicyclic) bond motifs is 1. The van der Waals surface area contributed by atoms with E-state index in [9.17, 15) is 0 Å². The molecule has 0 spiro atoms. The second-order valence-corrected chi connectivity index (χ2v) is 4.96. The number of rotatable bonds is 5. The molecule has 108 valence electrons. The van der Waals surface area contributed by atoms with Crippen LogP contribution < -0.4 is 10.6 Å². The first kappa shape index (κ1) is 13.6. The molecule has 0 atom stereocenters. The van der Waals surface area contributed by atoms with Crippen LogP contribution in [0.25, 0.3) is 10.8 Å². The van der Waals surface area contributed by atoms with Crippen molar-refractivity contribution in [1.82, 2.24) is 4.98 Å². The summed E-state index contributed by atoms with van der Waals surface area (Å²) in [6.45, 7) is 4.12. The van der Waals surface area contributed by atoms with Crippen LogP contribution >= 0.6 is 0 Å². The van der Waals surface area contributed by atoms with Gasteiger partial charge in [0, 0.05) is 18.5 Å². The number of hydrogen-bond donors (Lipinski definition) is 1. The molecule has 0 radical (unpaired) electrons. The Hall–Kier alpha value is -2.33. The number of anilines is 1. The predicted molar refractivity (Wildman–Crippen MR) is 85.1 cm³/mol. The van der Waals surface area contributed by atoms with Crippen LogP contribution in [-0.4, -0.2) is 11.5 Å². The fraction of sp³-hybridized carbons (Fsp3) is 0.235. The first-order chi connectivity index (χ1) is 10.3. The Morgan fingerprint density at radius 1 is 1.19 bits per heavy atom. The molecular weight excluding hydrogens is 262 g/mol. The fourth-order valence-electron chi connectivity index (χ4n) is 2.51. The van der Waals surface area contributed by atoms with Crippen LogP contribution in [0.3, 0.4) is 0 Å². The Balaban J connectivity index is 2.07. The average Bonchev–Trinajstić information content (AvgIpc) is 3.04. The summed E-state index contributed by atoms with van der Waals surface area (Å²) < 4.78 is 5.46. The minimum atomic E-state index is 0.441. The zero-order chi connectivity index (χ0) is 14.7. The van der Waals surface area contributed by atoms with Crippen molar-refractivity contribution < 1.29 is 4.42 Å². The van der Waals surface area contributed by atoms with Crippen molar-refractivity contribution in [2.24, 2.45) is 5.73 Å². The van der Waals surface area contributed by atoms with Gasteiger partial charge in [0.15, 0.2) is 0 Å². The van der Waals surface area contributed by atoms with Crippen LogP contribution in [0.1, 0.15) is 18.4 Å². The minimum absolute atomic E-state index is 0.441. The van der Waals surface area contributed by atoms with Gasteiger partial charge >= 0.3 is 0 Å². The van der Waals surface area contributed by atoms with E-state index in [1.165, 1.54) is 5.39 Å². The van der Waals surface area contributed by atoms with Crippen molar-refractivity contribution in [3.63, 3.8) is 0 Å². The van der Waals surface area contributed by atoms with E-state index in [2.05, 4.69) is 30.0 Å². The molecule has 2 aromatic heterocycles. The second kappa shape index (κ2) is 5.97. The molecule has 0 saturated heterocycles. The molecule has 2 heterocycles. The number of nitrogens with two attached hydrogens (primary N) is 1. The third-order valence-corrected chi connectivity index (χ3v) is 3.59. The summed E-state index contributed by atoms with van der Waals surface area (Å²) in [7, 11) is 0. The third kappa shape index (κ3) is 2.76. The van der Waals surface area contributed by atoms with E-state index < -0.39 is 0 Å². The summed E-state index contributed by atoms with van der Waals surface area (Å²) in [6.07, 6.45) is 1.70. The summed E-state index contributed by atoms with van der Waals surface area (Å²) in [5, 5.41) is 2.31. The lowest BCUT2D eigenvalue weighted by atomic mass is 10.1. The van der Waals surface area contributed by atoms with Crippen molar-refractivity contribution in [3.8, 4) is 0 Å². The highest BCUT2D eigenvalue weighted by Gasteiger charge is 2.13. The van der Waals surface area contributed by atoms with E-state index in [4.69, 9.17) is 15.1 Å². The van der Waals surface area contributed by atoms with E-state index in [1.54, 1.807) is 6.26 Å². The van der Waals surface area contributed by atoms with Gasteiger partial charge in [-0.15, -0.1) is 0 Å². The van der Waals surface area contributed by atoms with Crippen molar-refractivity contribution in [2.75, 3.05) is 11.4 Å². The zero-order valence-corrected chi connectivity index (χ0v) is 12.1. The summed E-state index contributed by atoms with van der Waals surface area (Å²) >= 11 is 0. The molecule has 4 nitrogen and oxygen atoms in total. The van der Waals surface area contributed by atoms with Crippen LogP contribution in [0, 0.1) is 0 Å². The Morgan fingerprint density at radius 2 is 2.05 bits per heavy atom. The monoisotopic (exact) mass is 281 g/mol. The van der Waals surface area contributed by atoms with Crippen LogP contribution in [0.2, 0.25) is 0 Å². The molecule has 21 heavy (non-hydrogen) atoms. The molecule has 0 bridgehead atoms. The van der Waals surface area contributed by atoms with Gasteiger partial charge in [-0.3, -0.25) is 0 Å². The van der Waals surface area contributed by atoms with Gasteiger partial charge in [0.25, 0.3) is 0 Å². The molecule has 4 heteroatoms. The maximum absolute atomic E-state index is 5.79. The Labute approximate surface area is 124 Å². The van der Waals surface area contributed by atoms with Crippen LogP contribution in [-0.2, 0) is 13.1 Å². The molecule has 0 unspecified atom stereocenters. The highest BCUT2D eigenvalue weighted by atomic mass is 16.3. The number of pyridine rings is 1. The number of furan rings is 1. The van der Waals surface area contributed by atoms with Gasteiger partial charge in [0.05, 0.1) is 18.5 Å². The Morgan fingerprint density at radius 3 is 2.76 bits per heavy atom. The lowest BCUT2D eigenvalue weighted by Gasteiger charge is -2.23. The van der Waals surface area contributed by atoms with Crippen LogP contribution in [0.5, 0.6) is 0 Å². The largest absolute Gasteiger partial charge is 0.467 e. The summed E-state index contributed by atoms with van der Waals surface area (Å²) in [5.41, 5.74) is 6.69. The van der Waals surface area contributed by atoms with Gasteiger partial charge in [0.1, 0.15) is 11.6 Å². The molecule has 1 aromatic carbocycles. The second-order valence-electron chi connectivity index (χ2n) is 4.96. The number of hydrogen-bond acceptors (Lipinski definition) is 4. The molecule has 0 aliphatic heterocycles. The van der Waals surface area contributed by atoms with Crippen molar-refractivity contribution >= 4 is 16.6 Å². The molecule has 3 rings (SSSR count). The number of aromatic nitrogens is 1. The molecule has 0 saturated carbocycles. The zero-order valence-electron chi connectivity index (χ0n) is 12.1. The lowest BCUT2D eigenvalue weighted by Crippen LogP contribution is -2.23. The van der Waals surface area contributed by atoms with E-state index in [-0.39, 0.29) is 0 Å². The predicted octanol–water partition coefficient (Wildman–Crippen LogP) is 3.31. The topological polar surface area (TPSA) is 55.3 Å². The molecule has 2 N–H and O–H groups in total. The maximum Gasteiger partial charge on any atom is 0.137 e. The van der Waals surface area contributed by atoms with Crippen LogP contribution in [0.15, 0.2) is 53.1 Å². The van der Waals surface area contributed by atoms with Gasteiger partial charge in [-0.2, -0.15) is 0 Å². The molecule has 0 amide bonds. The smallest absolute Gasteiger partial charge is 0.137 e. The standard InChI is InChI=1S/C17H19N3O/c1-2-20(12-15-7-5-9-21-15)17-16-8-4-3-6-13(16)10-14(11-18)19-17/h3-10H,2,11-12,18H2,1H3. The quantitative estimate of drug-likeness (QED) is 0.779. The van der Waals surface area contributed by atoms with Crippen LogP contribution in [0.4, 0.5) is 5.82 Å². The van der Waals surface area contributed by atoms with Gasteiger partial charge < -0.3 is 15.1 Å². The highest BCUT2D eigenvalue weighted by Crippen LogP contribution is 2.27. The van der Waals surface area contributed by atoms with E-state index in [0.717, 1.165) is 29.2 Å². The molecule has 0 aliphatic rings. The maximum atomic E-state index is 5.79. The first-order valence-corrected chi connectivity index (χ1v) is 7.18.